The van der Waals surface area contributed by atoms with E-state index < -0.39 is 22.7 Å². The lowest BCUT2D eigenvalue weighted by atomic mass is 9.64. The van der Waals surface area contributed by atoms with Crippen molar-refractivity contribution in [1.29, 1.82) is 0 Å². The van der Waals surface area contributed by atoms with E-state index in [4.69, 9.17) is 11.5 Å². The van der Waals surface area contributed by atoms with Crippen molar-refractivity contribution in [2.24, 2.45) is 16.1 Å². The SMILES string of the molecule is CC(C)(Cn1cc(C(=O)N=C(N)C2(c3ccc(-c4cnc(N)nc4)nc3)CCC2)cn1)C(=O)O. The number of nitrogen functional groups attached to an aromatic ring is 1. The van der Waals surface area contributed by atoms with E-state index in [1.165, 1.54) is 17.1 Å². The van der Waals surface area contributed by atoms with Gasteiger partial charge in [0.25, 0.3) is 5.91 Å². The smallest absolute Gasteiger partial charge is 0.310 e. The summed E-state index contributed by atoms with van der Waals surface area (Å²) in [6, 6.07) is 3.78. The lowest BCUT2D eigenvalue weighted by Gasteiger charge is -2.41. The number of carbonyl (C=O) groups excluding carboxylic acids is 1. The Labute approximate surface area is 196 Å². The summed E-state index contributed by atoms with van der Waals surface area (Å²) in [5, 5.41) is 13.4. The number of hydrogen-bond acceptors (Lipinski definition) is 7. The summed E-state index contributed by atoms with van der Waals surface area (Å²) in [4.78, 5) is 40.8. The highest BCUT2D eigenvalue weighted by Gasteiger charge is 2.43. The maximum atomic E-state index is 12.8. The highest BCUT2D eigenvalue weighted by molar-refractivity contribution is 6.06. The summed E-state index contributed by atoms with van der Waals surface area (Å²) >= 11 is 0. The summed E-state index contributed by atoms with van der Waals surface area (Å²) in [5.74, 6) is -1.05. The third-order valence-corrected chi connectivity index (χ3v) is 6.22. The van der Waals surface area contributed by atoms with Gasteiger partial charge in [-0.05, 0) is 38.3 Å². The number of aliphatic imine (C=N–C) groups is 1. The van der Waals surface area contributed by atoms with Crippen molar-refractivity contribution in [1.82, 2.24) is 24.7 Å². The van der Waals surface area contributed by atoms with Crippen molar-refractivity contribution >= 4 is 23.7 Å². The fourth-order valence-corrected chi connectivity index (χ4v) is 3.86. The van der Waals surface area contributed by atoms with Crippen LogP contribution in [0.4, 0.5) is 5.95 Å². The maximum absolute atomic E-state index is 12.8. The number of amidine groups is 1. The Morgan fingerprint density at radius 2 is 1.85 bits per heavy atom. The summed E-state index contributed by atoms with van der Waals surface area (Å²) in [6.07, 6.45) is 10.3. The van der Waals surface area contributed by atoms with Crippen LogP contribution in [-0.2, 0) is 16.8 Å². The molecule has 176 valence electrons. The number of carboxylic acid groups (broad SMARTS) is 1. The molecule has 1 fully saturated rings. The number of hydrogen-bond donors (Lipinski definition) is 3. The van der Waals surface area contributed by atoms with Gasteiger partial charge in [-0.1, -0.05) is 12.5 Å². The molecule has 3 aromatic rings. The van der Waals surface area contributed by atoms with Crippen LogP contribution in [0.2, 0.25) is 0 Å². The highest BCUT2D eigenvalue weighted by Crippen LogP contribution is 2.44. The van der Waals surface area contributed by atoms with E-state index in [1.807, 2.05) is 12.1 Å². The molecule has 1 saturated carbocycles. The molecule has 0 aliphatic heterocycles. The topological polar surface area (TPSA) is 175 Å². The minimum Gasteiger partial charge on any atom is -0.481 e. The van der Waals surface area contributed by atoms with Crippen molar-refractivity contribution in [2.45, 2.75) is 45.1 Å². The van der Waals surface area contributed by atoms with E-state index in [1.54, 1.807) is 32.4 Å². The van der Waals surface area contributed by atoms with Crippen LogP contribution in [0.25, 0.3) is 11.3 Å². The van der Waals surface area contributed by atoms with Gasteiger partial charge in [0.2, 0.25) is 5.95 Å². The first-order valence-electron chi connectivity index (χ1n) is 10.8. The molecule has 11 nitrogen and oxygen atoms in total. The van der Waals surface area contributed by atoms with Gasteiger partial charge in [-0.2, -0.15) is 10.1 Å². The minimum absolute atomic E-state index is 0.121. The van der Waals surface area contributed by atoms with E-state index in [9.17, 15) is 14.7 Å². The second-order valence-electron chi connectivity index (χ2n) is 9.12. The predicted molar refractivity (Wildman–Crippen MR) is 125 cm³/mol. The van der Waals surface area contributed by atoms with E-state index in [0.717, 1.165) is 30.4 Å². The largest absolute Gasteiger partial charge is 0.481 e. The third kappa shape index (κ3) is 4.36. The average Bonchev–Trinajstić information content (AvgIpc) is 3.22. The molecule has 0 atom stereocenters. The lowest BCUT2D eigenvalue weighted by Crippen LogP contribution is -2.47. The monoisotopic (exact) mass is 462 g/mol. The molecule has 1 aliphatic carbocycles. The van der Waals surface area contributed by atoms with Crippen molar-refractivity contribution in [2.75, 3.05) is 5.73 Å². The molecule has 34 heavy (non-hydrogen) atoms. The van der Waals surface area contributed by atoms with Crippen LogP contribution >= 0.6 is 0 Å². The molecule has 1 amide bonds. The van der Waals surface area contributed by atoms with Crippen LogP contribution in [0.15, 0.2) is 48.1 Å². The molecule has 0 radical (unpaired) electrons. The van der Waals surface area contributed by atoms with Gasteiger partial charge in [-0.25, -0.2) is 9.97 Å². The normalized spacial score (nSPS) is 15.5. The fraction of sp³-hybridized carbons (Fsp3) is 0.348. The van der Waals surface area contributed by atoms with Crippen molar-refractivity contribution in [3.05, 3.63) is 54.2 Å². The number of pyridine rings is 1. The molecule has 3 aromatic heterocycles. The Balaban J connectivity index is 1.53. The number of nitrogens with zero attached hydrogens (tertiary/aromatic N) is 6. The van der Waals surface area contributed by atoms with Crippen molar-refractivity contribution in [3.63, 3.8) is 0 Å². The number of aromatic nitrogens is 5. The molecule has 3 heterocycles. The van der Waals surface area contributed by atoms with E-state index >= 15 is 0 Å². The number of amides is 1. The van der Waals surface area contributed by atoms with Crippen LogP contribution in [0.3, 0.4) is 0 Å². The molecule has 1 aliphatic rings. The first-order valence-corrected chi connectivity index (χ1v) is 10.8. The van der Waals surface area contributed by atoms with Crippen LogP contribution in [0.1, 0.15) is 49.0 Å². The molecule has 0 bridgehead atoms. The minimum atomic E-state index is -1.03. The average molecular weight is 463 g/mol. The summed E-state index contributed by atoms with van der Waals surface area (Å²) in [7, 11) is 0. The van der Waals surface area contributed by atoms with Crippen LogP contribution in [0.5, 0.6) is 0 Å². The van der Waals surface area contributed by atoms with Gasteiger partial charge in [0, 0.05) is 30.4 Å². The van der Waals surface area contributed by atoms with Crippen LogP contribution in [0, 0.1) is 5.41 Å². The number of rotatable bonds is 7. The van der Waals surface area contributed by atoms with E-state index in [-0.39, 0.29) is 23.9 Å². The summed E-state index contributed by atoms with van der Waals surface area (Å²) < 4.78 is 1.43. The zero-order valence-corrected chi connectivity index (χ0v) is 19.0. The zero-order valence-electron chi connectivity index (χ0n) is 19.0. The van der Waals surface area contributed by atoms with Gasteiger partial charge < -0.3 is 16.6 Å². The Kier molecular flexibility index (Phi) is 5.86. The second-order valence-corrected chi connectivity index (χ2v) is 9.12. The van der Waals surface area contributed by atoms with Crippen LogP contribution < -0.4 is 11.5 Å². The van der Waals surface area contributed by atoms with E-state index in [2.05, 4.69) is 25.0 Å². The van der Waals surface area contributed by atoms with Crippen LogP contribution in [-0.4, -0.2) is 47.6 Å². The molecular formula is C23H26N8O3. The number of nitrogens with two attached hydrogens (primary N) is 2. The molecule has 4 rings (SSSR count). The Hall–Kier alpha value is -4.15. The predicted octanol–water partition coefficient (Wildman–Crippen LogP) is 2.05. The highest BCUT2D eigenvalue weighted by atomic mass is 16.4. The molecule has 0 saturated heterocycles. The third-order valence-electron chi connectivity index (χ3n) is 6.22. The molecular weight excluding hydrogens is 436 g/mol. The molecule has 0 aromatic carbocycles. The number of anilines is 1. The fourth-order valence-electron chi connectivity index (χ4n) is 3.86. The molecule has 11 heteroatoms. The van der Waals surface area contributed by atoms with Gasteiger partial charge in [0.05, 0.1) is 34.8 Å². The van der Waals surface area contributed by atoms with Gasteiger partial charge >= 0.3 is 5.97 Å². The van der Waals surface area contributed by atoms with Crippen molar-refractivity contribution in [3.8, 4) is 11.3 Å². The van der Waals surface area contributed by atoms with Gasteiger partial charge in [-0.3, -0.25) is 19.3 Å². The van der Waals surface area contributed by atoms with Gasteiger partial charge in [0.15, 0.2) is 0 Å². The number of carboxylic acids is 1. The molecule has 0 spiro atoms. The Morgan fingerprint density at radius 3 is 2.41 bits per heavy atom. The van der Waals surface area contributed by atoms with Gasteiger partial charge in [0.1, 0.15) is 5.84 Å². The Morgan fingerprint density at radius 1 is 1.15 bits per heavy atom. The quantitative estimate of drug-likeness (QED) is 0.350. The van der Waals surface area contributed by atoms with E-state index in [0.29, 0.717) is 5.69 Å². The number of carbonyl (C=O) groups is 2. The second kappa shape index (κ2) is 8.65. The number of aliphatic carboxylic acids is 1. The summed E-state index contributed by atoms with van der Waals surface area (Å²) in [5.41, 5.74) is 12.9. The Bertz CT molecular complexity index is 1240. The molecule has 0 unspecified atom stereocenters. The lowest BCUT2D eigenvalue weighted by molar-refractivity contribution is -0.147. The molecule has 5 N–H and O–H groups in total. The first kappa shape index (κ1) is 23.0. The first-order chi connectivity index (χ1) is 16.1. The van der Waals surface area contributed by atoms with Gasteiger partial charge in [-0.15, -0.1) is 0 Å². The summed E-state index contributed by atoms with van der Waals surface area (Å²) in [6.45, 7) is 3.30. The standard InChI is InChI=1S/C23H26N8O3/c1-22(2,20(33)34)13-31-12-15(10-29-31)18(32)30-19(24)23(6-3-7-23)16-4-5-17(26-11-16)14-8-27-21(25)28-9-14/h4-5,8-12H,3,6-7,13H2,1-2H3,(H,33,34)(H2,24,30,32)(H2,25,27,28). The van der Waals surface area contributed by atoms with Crippen molar-refractivity contribution < 1.29 is 14.7 Å². The zero-order chi connectivity index (χ0) is 24.5. The maximum Gasteiger partial charge on any atom is 0.310 e.